The molecule has 0 saturated carbocycles. The number of benzene rings is 1. The lowest BCUT2D eigenvalue weighted by atomic mass is 10.1. The van der Waals surface area contributed by atoms with Crippen LogP contribution in [-0.2, 0) is 9.53 Å². The van der Waals surface area contributed by atoms with Gasteiger partial charge in [-0.15, -0.1) is 0 Å². The van der Waals surface area contributed by atoms with E-state index in [1.165, 1.54) is 19.2 Å². The standard InChI is InChI=1S/C17H16FN3O2/c1-11-6-7-21-14(8-11)19-16(12-4-3-5-13(18)9-12)17(21)20-15(22)10-23-2/h3-9H,10H2,1-2H3,(H,20,22). The molecule has 0 aliphatic heterocycles. The number of anilines is 1. The average molecular weight is 313 g/mol. The minimum Gasteiger partial charge on any atom is -0.375 e. The lowest BCUT2D eigenvalue weighted by Gasteiger charge is -2.07. The molecule has 1 N–H and O–H groups in total. The van der Waals surface area contributed by atoms with Gasteiger partial charge in [0.2, 0.25) is 0 Å². The zero-order valence-corrected chi connectivity index (χ0v) is 12.8. The number of imidazole rings is 1. The number of hydrogen-bond donors (Lipinski definition) is 1. The van der Waals surface area contributed by atoms with E-state index in [2.05, 4.69) is 10.3 Å². The molecule has 0 saturated heterocycles. The van der Waals surface area contributed by atoms with E-state index < -0.39 is 0 Å². The molecule has 6 heteroatoms. The highest BCUT2D eigenvalue weighted by Crippen LogP contribution is 2.29. The second-order valence-electron chi connectivity index (χ2n) is 5.23. The van der Waals surface area contributed by atoms with Gasteiger partial charge in [0.1, 0.15) is 29.6 Å². The van der Waals surface area contributed by atoms with E-state index in [9.17, 15) is 9.18 Å². The van der Waals surface area contributed by atoms with E-state index in [1.54, 1.807) is 16.5 Å². The van der Waals surface area contributed by atoms with Gasteiger partial charge < -0.3 is 10.1 Å². The summed E-state index contributed by atoms with van der Waals surface area (Å²) >= 11 is 0. The highest BCUT2D eigenvalue weighted by molar-refractivity contribution is 5.95. The first-order valence-corrected chi connectivity index (χ1v) is 7.12. The van der Waals surface area contributed by atoms with Gasteiger partial charge in [-0.1, -0.05) is 12.1 Å². The van der Waals surface area contributed by atoms with Gasteiger partial charge in [-0.2, -0.15) is 0 Å². The quantitative estimate of drug-likeness (QED) is 0.805. The number of aryl methyl sites for hydroxylation is 1. The van der Waals surface area contributed by atoms with Crippen molar-refractivity contribution in [3.63, 3.8) is 0 Å². The minimum atomic E-state index is -0.357. The number of nitrogens with one attached hydrogen (secondary N) is 1. The topological polar surface area (TPSA) is 55.6 Å². The SMILES string of the molecule is COCC(=O)Nc1c(-c2cccc(F)c2)nc2cc(C)ccn12. The van der Waals surface area contributed by atoms with Crippen molar-refractivity contribution in [3.8, 4) is 11.3 Å². The molecule has 5 nitrogen and oxygen atoms in total. The number of aromatic nitrogens is 2. The van der Waals surface area contributed by atoms with Gasteiger partial charge >= 0.3 is 0 Å². The molecule has 1 amide bonds. The van der Waals surface area contributed by atoms with Crippen LogP contribution in [0.4, 0.5) is 10.2 Å². The lowest BCUT2D eigenvalue weighted by molar-refractivity contribution is -0.119. The second-order valence-corrected chi connectivity index (χ2v) is 5.23. The van der Waals surface area contributed by atoms with Crippen LogP contribution in [0.1, 0.15) is 5.56 Å². The van der Waals surface area contributed by atoms with Crippen molar-refractivity contribution in [1.82, 2.24) is 9.38 Å². The largest absolute Gasteiger partial charge is 0.375 e. The van der Waals surface area contributed by atoms with Gasteiger partial charge in [0.25, 0.3) is 5.91 Å². The predicted molar refractivity (Wildman–Crippen MR) is 85.8 cm³/mol. The molecule has 1 aromatic carbocycles. The maximum atomic E-state index is 13.5. The summed E-state index contributed by atoms with van der Waals surface area (Å²) in [6.07, 6.45) is 1.82. The Balaban J connectivity index is 2.17. The van der Waals surface area contributed by atoms with Crippen molar-refractivity contribution in [2.24, 2.45) is 0 Å². The molecule has 0 spiro atoms. The number of halogens is 1. The van der Waals surface area contributed by atoms with Gasteiger partial charge in [0.15, 0.2) is 0 Å². The minimum absolute atomic E-state index is 0.0678. The molecule has 0 atom stereocenters. The van der Waals surface area contributed by atoms with Crippen molar-refractivity contribution in [2.75, 3.05) is 19.0 Å². The number of nitrogens with zero attached hydrogens (tertiary/aromatic N) is 2. The van der Waals surface area contributed by atoms with Crippen molar-refractivity contribution in [2.45, 2.75) is 6.92 Å². The summed E-state index contributed by atoms with van der Waals surface area (Å²) in [4.78, 5) is 16.5. The van der Waals surface area contributed by atoms with Gasteiger partial charge in [-0.05, 0) is 36.8 Å². The molecule has 3 rings (SSSR count). The number of ether oxygens (including phenoxy) is 1. The molecule has 0 bridgehead atoms. The number of amides is 1. The van der Waals surface area contributed by atoms with E-state index in [4.69, 9.17) is 4.74 Å². The molecular formula is C17H16FN3O2. The van der Waals surface area contributed by atoms with E-state index in [-0.39, 0.29) is 18.3 Å². The summed E-state index contributed by atoms with van der Waals surface area (Å²) in [5.41, 5.74) is 2.83. The number of carbonyl (C=O) groups is 1. The van der Waals surface area contributed by atoms with Gasteiger partial charge in [0.05, 0.1) is 0 Å². The third kappa shape index (κ3) is 3.07. The number of fused-ring (bicyclic) bond motifs is 1. The zero-order chi connectivity index (χ0) is 16.4. The Morgan fingerprint density at radius 3 is 2.91 bits per heavy atom. The molecule has 2 heterocycles. The molecule has 0 aliphatic carbocycles. The molecular weight excluding hydrogens is 297 g/mol. The van der Waals surface area contributed by atoms with E-state index in [1.807, 2.05) is 25.3 Å². The van der Waals surface area contributed by atoms with E-state index in [0.29, 0.717) is 22.7 Å². The summed E-state index contributed by atoms with van der Waals surface area (Å²) in [5, 5.41) is 2.79. The fourth-order valence-corrected chi connectivity index (χ4v) is 2.40. The van der Waals surface area contributed by atoms with Gasteiger partial charge in [0, 0.05) is 18.9 Å². The number of hydrogen-bond acceptors (Lipinski definition) is 3. The maximum absolute atomic E-state index is 13.5. The third-order valence-electron chi connectivity index (χ3n) is 3.41. The van der Waals surface area contributed by atoms with E-state index >= 15 is 0 Å². The van der Waals surface area contributed by atoms with E-state index in [0.717, 1.165) is 5.56 Å². The highest BCUT2D eigenvalue weighted by atomic mass is 19.1. The molecule has 0 radical (unpaired) electrons. The van der Waals surface area contributed by atoms with Crippen LogP contribution in [0.2, 0.25) is 0 Å². The summed E-state index contributed by atoms with van der Waals surface area (Å²) in [7, 11) is 1.45. The van der Waals surface area contributed by atoms with Crippen molar-refractivity contribution >= 4 is 17.4 Å². The Labute approximate surface area is 132 Å². The molecule has 0 unspecified atom stereocenters. The molecule has 0 aliphatic rings. The Kier molecular flexibility index (Phi) is 4.08. The number of rotatable bonds is 4. The molecule has 2 aromatic heterocycles. The van der Waals surface area contributed by atoms with Crippen molar-refractivity contribution in [3.05, 3.63) is 54.0 Å². The van der Waals surface area contributed by atoms with Crippen LogP contribution >= 0.6 is 0 Å². The lowest BCUT2D eigenvalue weighted by Crippen LogP contribution is -2.18. The Morgan fingerprint density at radius 1 is 1.35 bits per heavy atom. The first-order valence-electron chi connectivity index (χ1n) is 7.12. The maximum Gasteiger partial charge on any atom is 0.251 e. The normalized spacial score (nSPS) is 10.9. The summed E-state index contributed by atoms with van der Waals surface area (Å²) in [5.74, 6) is -0.162. The van der Waals surface area contributed by atoms with Crippen LogP contribution < -0.4 is 5.32 Å². The van der Waals surface area contributed by atoms with Crippen LogP contribution in [0, 0.1) is 12.7 Å². The van der Waals surface area contributed by atoms with Crippen LogP contribution in [0.5, 0.6) is 0 Å². The van der Waals surface area contributed by atoms with Crippen LogP contribution in [-0.4, -0.2) is 29.0 Å². The summed E-state index contributed by atoms with van der Waals surface area (Å²) < 4.78 is 20.2. The second kappa shape index (κ2) is 6.18. The Bertz CT molecular complexity index is 873. The average Bonchev–Trinajstić information content (AvgIpc) is 2.85. The van der Waals surface area contributed by atoms with Crippen LogP contribution in [0.25, 0.3) is 16.9 Å². The first-order chi connectivity index (χ1) is 11.1. The molecule has 23 heavy (non-hydrogen) atoms. The van der Waals surface area contributed by atoms with Gasteiger partial charge in [-0.25, -0.2) is 9.37 Å². The first kappa shape index (κ1) is 15.2. The van der Waals surface area contributed by atoms with Crippen LogP contribution in [0.3, 0.4) is 0 Å². The Hall–Kier alpha value is -2.73. The molecule has 0 fully saturated rings. The van der Waals surface area contributed by atoms with Crippen molar-refractivity contribution in [1.29, 1.82) is 0 Å². The monoisotopic (exact) mass is 313 g/mol. The Morgan fingerprint density at radius 2 is 2.17 bits per heavy atom. The fraction of sp³-hybridized carbons (Fsp3) is 0.176. The molecule has 118 valence electrons. The summed E-state index contributed by atoms with van der Waals surface area (Å²) in [6.45, 7) is 1.89. The zero-order valence-electron chi connectivity index (χ0n) is 12.8. The fourth-order valence-electron chi connectivity index (χ4n) is 2.40. The number of pyridine rings is 1. The number of methoxy groups -OCH3 is 1. The predicted octanol–water partition coefficient (Wildman–Crippen LogP) is 3.03. The number of carbonyl (C=O) groups excluding carboxylic acids is 1. The van der Waals surface area contributed by atoms with Crippen LogP contribution in [0.15, 0.2) is 42.6 Å². The summed E-state index contributed by atoms with van der Waals surface area (Å²) in [6, 6.07) is 9.93. The highest BCUT2D eigenvalue weighted by Gasteiger charge is 2.16. The van der Waals surface area contributed by atoms with Crippen molar-refractivity contribution < 1.29 is 13.9 Å². The smallest absolute Gasteiger partial charge is 0.251 e. The molecule has 3 aromatic rings. The third-order valence-corrected chi connectivity index (χ3v) is 3.41. The van der Waals surface area contributed by atoms with Gasteiger partial charge in [-0.3, -0.25) is 9.20 Å².